The highest BCUT2D eigenvalue weighted by Gasteiger charge is 2.32. The third kappa shape index (κ3) is 3.54. The molecule has 0 aliphatic carbocycles. The van der Waals surface area contributed by atoms with Crippen LogP contribution in [-0.4, -0.2) is 33.5 Å². The molecule has 118 valence electrons. The lowest BCUT2D eigenvalue weighted by Crippen LogP contribution is -2.53. The molecule has 2 rings (SSSR count). The molecule has 2 amide bonds. The molecule has 1 fully saturated rings. The number of phenolic OH excluding ortho intramolecular Hbond substituents is 1. The molecule has 0 aromatic heterocycles. The molecule has 1 aliphatic heterocycles. The number of hydrogen-bond acceptors (Lipinski definition) is 4. The van der Waals surface area contributed by atoms with Gasteiger partial charge in [0.1, 0.15) is 11.3 Å². The molecule has 2 N–H and O–H groups in total. The second kappa shape index (κ2) is 7.02. The number of amides is 2. The first-order valence-electron chi connectivity index (χ1n) is 6.90. The van der Waals surface area contributed by atoms with E-state index in [0.717, 1.165) is 0 Å². The molecule has 1 aliphatic rings. The van der Waals surface area contributed by atoms with Gasteiger partial charge in [-0.05, 0) is 48.0 Å². The van der Waals surface area contributed by atoms with Crippen molar-refractivity contribution in [1.29, 1.82) is 0 Å². The van der Waals surface area contributed by atoms with Crippen molar-refractivity contribution >= 4 is 35.2 Å². The topological polar surface area (TPSA) is 69.6 Å². The highest BCUT2D eigenvalue weighted by molar-refractivity contribution is 7.80. The van der Waals surface area contributed by atoms with Gasteiger partial charge in [0.15, 0.2) is 5.11 Å². The number of thiocarbonyl (C=S) groups is 1. The van der Waals surface area contributed by atoms with Crippen LogP contribution in [0, 0.1) is 0 Å². The van der Waals surface area contributed by atoms with Gasteiger partial charge in [0.25, 0.3) is 11.8 Å². The van der Waals surface area contributed by atoms with Crippen molar-refractivity contribution < 1.29 is 14.7 Å². The van der Waals surface area contributed by atoms with E-state index in [0.29, 0.717) is 17.5 Å². The number of phenols is 1. The molecule has 5 nitrogen and oxygen atoms in total. The number of benzene rings is 1. The van der Waals surface area contributed by atoms with E-state index in [4.69, 9.17) is 12.2 Å². The highest BCUT2D eigenvalue weighted by Crippen LogP contribution is 2.22. The summed E-state index contributed by atoms with van der Waals surface area (Å²) in [5.74, 6) is -0.878. The zero-order valence-electron chi connectivity index (χ0n) is 12.4. The minimum absolute atomic E-state index is 0.0179. The smallest absolute Gasteiger partial charge is 0.265 e. The third-order valence-corrected chi connectivity index (χ3v) is 3.60. The van der Waals surface area contributed by atoms with Gasteiger partial charge in [-0.25, -0.2) is 0 Å². The average molecular weight is 328 g/mol. The monoisotopic (exact) mass is 328 g/mol. The van der Waals surface area contributed by atoms with Crippen LogP contribution in [-0.2, 0) is 16.0 Å². The summed E-state index contributed by atoms with van der Waals surface area (Å²) in [7, 11) is 0. The molecule has 1 aromatic carbocycles. The summed E-state index contributed by atoms with van der Waals surface area (Å²) in [6.45, 7) is 7.42. The van der Waals surface area contributed by atoms with E-state index in [1.165, 1.54) is 23.1 Å². The Morgan fingerprint density at radius 3 is 2.65 bits per heavy atom. The van der Waals surface area contributed by atoms with Crippen LogP contribution in [0.3, 0.4) is 0 Å². The summed E-state index contributed by atoms with van der Waals surface area (Å²) in [4.78, 5) is 25.7. The predicted octanol–water partition coefficient (Wildman–Crippen LogP) is 1.93. The van der Waals surface area contributed by atoms with Gasteiger partial charge in [-0.2, -0.15) is 0 Å². The molecule has 23 heavy (non-hydrogen) atoms. The second-order valence-corrected chi connectivity index (χ2v) is 5.29. The van der Waals surface area contributed by atoms with Crippen LogP contribution in [0.4, 0.5) is 0 Å². The minimum Gasteiger partial charge on any atom is -0.508 e. The summed E-state index contributed by atoms with van der Waals surface area (Å²) in [5, 5.41) is 12.3. The molecule has 0 saturated carbocycles. The molecule has 0 unspecified atom stereocenters. The largest absolute Gasteiger partial charge is 0.508 e. The van der Waals surface area contributed by atoms with E-state index in [9.17, 15) is 14.7 Å². The van der Waals surface area contributed by atoms with Crippen LogP contribution in [0.1, 0.15) is 11.1 Å². The van der Waals surface area contributed by atoms with E-state index in [1.54, 1.807) is 18.2 Å². The predicted molar refractivity (Wildman–Crippen MR) is 92.6 cm³/mol. The Hall–Kier alpha value is -2.73. The summed E-state index contributed by atoms with van der Waals surface area (Å²) in [6.07, 6.45) is 5.15. The molecule has 1 heterocycles. The number of nitrogens with one attached hydrogen (secondary N) is 1. The molecule has 0 atom stereocenters. The Balaban J connectivity index is 2.40. The number of carbonyl (C=O) groups excluding carboxylic acids is 2. The molecular weight excluding hydrogens is 312 g/mol. The van der Waals surface area contributed by atoms with E-state index >= 15 is 0 Å². The molecular formula is C17H16N2O3S. The minimum atomic E-state index is -0.543. The van der Waals surface area contributed by atoms with Gasteiger partial charge in [0, 0.05) is 6.54 Å². The van der Waals surface area contributed by atoms with Crippen molar-refractivity contribution in [3.05, 3.63) is 60.2 Å². The Kier molecular flexibility index (Phi) is 5.08. The molecule has 0 radical (unpaired) electrons. The van der Waals surface area contributed by atoms with Crippen LogP contribution in [0.5, 0.6) is 5.75 Å². The van der Waals surface area contributed by atoms with Crippen LogP contribution >= 0.6 is 12.2 Å². The number of nitrogens with zero attached hydrogens (tertiary/aromatic N) is 1. The zero-order chi connectivity index (χ0) is 17.0. The van der Waals surface area contributed by atoms with Crippen molar-refractivity contribution in [2.45, 2.75) is 6.42 Å². The van der Waals surface area contributed by atoms with Gasteiger partial charge < -0.3 is 5.11 Å². The lowest BCUT2D eigenvalue weighted by atomic mass is 10.0. The van der Waals surface area contributed by atoms with E-state index < -0.39 is 11.8 Å². The number of hydrogen-bond donors (Lipinski definition) is 2. The van der Waals surface area contributed by atoms with Crippen molar-refractivity contribution in [2.24, 2.45) is 0 Å². The first-order valence-corrected chi connectivity index (χ1v) is 7.31. The molecule has 0 bridgehead atoms. The maximum Gasteiger partial charge on any atom is 0.265 e. The number of carbonyl (C=O) groups is 2. The van der Waals surface area contributed by atoms with Gasteiger partial charge in [0.05, 0.1) is 0 Å². The normalized spacial score (nSPS) is 16.4. The Labute approximate surface area is 139 Å². The summed E-state index contributed by atoms with van der Waals surface area (Å²) in [5.41, 5.74) is 1.27. The Morgan fingerprint density at radius 2 is 2.00 bits per heavy atom. The molecule has 1 aromatic rings. The molecule has 1 saturated heterocycles. The van der Waals surface area contributed by atoms with Crippen LogP contribution in [0.15, 0.2) is 49.1 Å². The quantitative estimate of drug-likeness (QED) is 0.375. The van der Waals surface area contributed by atoms with Crippen molar-refractivity contribution in [3.63, 3.8) is 0 Å². The van der Waals surface area contributed by atoms with Gasteiger partial charge >= 0.3 is 0 Å². The number of aromatic hydroxyl groups is 1. The van der Waals surface area contributed by atoms with Gasteiger partial charge in [-0.3, -0.25) is 19.8 Å². The maximum absolute atomic E-state index is 12.4. The number of rotatable bonds is 5. The van der Waals surface area contributed by atoms with Crippen LogP contribution < -0.4 is 5.32 Å². The summed E-state index contributed by atoms with van der Waals surface area (Å²) >= 11 is 4.99. The van der Waals surface area contributed by atoms with Gasteiger partial charge in [0.2, 0.25) is 0 Å². The molecule has 0 spiro atoms. The SMILES string of the molecule is C=CCc1cc(/C=C2\C(=O)NC(=S)N(CC=C)C2=O)ccc1O. The van der Waals surface area contributed by atoms with Gasteiger partial charge in [-0.1, -0.05) is 18.2 Å². The van der Waals surface area contributed by atoms with E-state index in [2.05, 4.69) is 18.5 Å². The highest BCUT2D eigenvalue weighted by atomic mass is 32.1. The van der Waals surface area contributed by atoms with Gasteiger partial charge in [-0.15, -0.1) is 13.2 Å². The Bertz CT molecular complexity index is 737. The lowest BCUT2D eigenvalue weighted by Gasteiger charge is -2.27. The standard InChI is InChI=1S/C17H16N2O3S/c1-3-5-12-9-11(6-7-14(12)20)10-13-15(21)18-17(23)19(8-4-2)16(13)22/h3-4,6-7,9-10,20H,1-2,5,8H2,(H,18,21,23)/b13-10+. The molecule has 6 heteroatoms. The summed E-state index contributed by atoms with van der Waals surface area (Å²) < 4.78 is 0. The fraction of sp³-hybridized carbons (Fsp3) is 0.118. The van der Waals surface area contributed by atoms with Crippen molar-refractivity contribution in [3.8, 4) is 5.75 Å². The van der Waals surface area contributed by atoms with Crippen molar-refractivity contribution in [2.75, 3.05) is 6.54 Å². The first-order chi connectivity index (χ1) is 11.0. The summed E-state index contributed by atoms with van der Waals surface area (Å²) in [6, 6.07) is 4.85. The first kappa shape index (κ1) is 16.6. The zero-order valence-corrected chi connectivity index (χ0v) is 13.2. The third-order valence-electron chi connectivity index (χ3n) is 3.28. The van der Waals surface area contributed by atoms with Crippen molar-refractivity contribution in [1.82, 2.24) is 10.2 Å². The number of allylic oxidation sites excluding steroid dienone is 1. The lowest BCUT2D eigenvalue weighted by molar-refractivity contribution is -0.128. The van der Waals surface area contributed by atoms with Crippen LogP contribution in [0.25, 0.3) is 6.08 Å². The second-order valence-electron chi connectivity index (χ2n) is 4.90. The van der Waals surface area contributed by atoms with E-state index in [1.807, 2.05) is 0 Å². The maximum atomic E-state index is 12.4. The fourth-order valence-corrected chi connectivity index (χ4v) is 2.42. The fourth-order valence-electron chi connectivity index (χ4n) is 2.17. The van der Waals surface area contributed by atoms with E-state index in [-0.39, 0.29) is 23.0 Å². The Morgan fingerprint density at radius 1 is 1.26 bits per heavy atom. The van der Waals surface area contributed by atoms with Crippen LogP contribution in [0.2, 0.25) is 0 Å². The average Bonchev–Trinajstić information content (AvgIpc) is 2.51.